The third-order valence-electron chi connectivity index (χ3n) is 3.90. The lowest BCUT2D eigenvalue weighted by Crippen LogP contribution is -2.49. The fourth-order valence-corrected chi connectivity index (χ4v) is 2.57. The number of rotatable bonds is 4. The SMILES string of the molecule is CC(C)(CCc1ccccc1)N1CCC(=O)NCC1=O. The molecular formula is C16H22N2O2. The Kier molecular flexibility index (Phi) is 4.42. The van der Waals surface area contributed by atoms with Crippen molar-refractivity contribution in [2.24, 2.45) is 0 Å². The predicted molar refractivity (Wildman–Crippen MR) is 78.2 cm³/mol. The van der Waals surface area contributed by atoms with E-state index >= 15 is 0 Å². The van der Waals surface area contributed by atoms with Gasteiger partial charge in [0.2, 0.25) is 11.8 Å². The number of aryl methyl sites for hydroxylation is 1. The zero-order chi connectivity index (χ0) is 14.6. The van der Waals surface area contributed by atoms with Gasteiger partial charge in [0.1, 0.15) is 0 Å². The van der Waals surface area contributed by atoms with Crippen LogP contribution in [0.25, 0.3) is 0 Å². The van der Waals surface area contributed by atoms with Crippen molar-refractivity contribution < 1.29 is 9.59 Å². The van der Waals surface area contributed by atoms with Gasteiger partial charge >= 0.3 is 0 Å². The first-order valence-electron chi connectivity index (χ1n) is 7.10. The number of nitrogens with zero attached hydrogens (tertiary/aromatic N) is 1. The van der Waals surface area contributed by atoms with Crippen molar-refractivity contribution in [2.75, 3.05) is 13.1 Å². The summed E-state index contributed by atoms with van der Waals surface area (Å²) in [6.07, 6.45) is 2.20. The monoisotopic (exact) mass is 274 g/mol. The summed E-state index contributed by atoms with van der Waals surface area (Å²) >= 11 is 0. The van der Waals surface area contributed by atoms with E-state index < -0.39 is 0 Å². The van der Waals surface area contributed by atoms with E-state index in [0.29, 0.717) is 13.0 Å². The Morgan fingerprint density at radius 3 is 2.60 bits per heavy atom. The molecule has 2 rings (SSSR count). The number of hydrogen-bond acceptors (Lipinski definition) is 2. The van der Waals surface area contributed by atoms with E-state index in [1.54, 1.807) is 0 Å². The zero-order valence-corrected chi connectivity index (χ0v) is 12.2. The maximum absolute atomic E-state index is 12.1. The Morgan fingerprint density at radius 2 is 1.90 bits per heavy atom. The fourth-order valence-electron chi connectivity index (χ4n) is 2.57. The summed E-state index contributed by atoms with van der Waals surface area (Å²) in [5, 5.41) is 2.64. The standard InChI is InChI=1S/C16H22N2O2/c1-16(2,10-8-13-6-4-3-5-7-13)18-11-9-14(19)17-12-15(18)20/h3-7H,8-12H2,1-2H3,(H,17,19). The third-order valence-corrected chi connectivity index (χ3v) is 3.90. The zero-order valence-electron chi connectivity index (χ0n) is 12.2. The smallest absolute Gasteiger partial charge is 0.242 e. The van der Waals surface area contributed by atoms with Crippen LogP contribution in [0, 0.1) is 0 Å². The summed E-state index contributed by atoms with van der Waals surface area (Å²) in [4.78, 5) is 25.4. The number of carbonyl (C=O) groups excluding carboxylic acids is 2. The van der Waals surface area contributed by atoms with Gasteiger partial charge in [0.05, 0.1) is 6.54 Å². The van der Waals surface area contributed by atoms with Crippen molar-refractivity contribution in [3.8, 4) is 0 Å². The van der Waals surface area contributed by atoms with Gasteiger partial charge in [-0.25, -0.2) is 0 Å². The molecule has 20 heavy (non-hydrogen) atoms. The van der Waals surface area contributed by atoms with E-state index in [4.69, 9.17) is 0 Å². The molecule has 108 valence electrons. The second-order valence-electron chi connectivity index (χ2n) is 5.87. The summed E-state index contributed by atoms with van der Waals surface area (Å²) in [6.45, 7) is 4.77. The average molecular weight is 274 g/mol. The van der Waals surface area contributed by atoms with Crippen LogP contribution in [0.3, 0.4) is 0 Å². The normalized spacial score (nSPS) is 16.8. The van der Waals surface area contributed by atoms with Crippen LogP contribution in [0.5, 0.6) is 0 Å². The van der Waals surface area contributed by atoms with Gasteiger partial charge in [-0.3, -0.25) is 9.59 Å². The van der Waals surface area contributed by atoms with Crippen molar-refractivity contribution in [1.29, 1.82) is 0 Å². The summed E-state index contributed by atoms with van der Waals surface area (Å²) in [5.41, 5.74) is 1.04. The van der Waals surface area contributed by atoms with E-state index in [0.717, 1.165) is 12.8 Å². The topological polar surface area (TPSA) is 49.4 Å². The van der Waals surface area contributed by atoms with Gasteiger partial charge in [0, 0.05) is 18.5 Å². The quantitative estimate of drug-likeness (QED) is 0.909. The Labute approximate surface area is 120 Å². The second kappa shape index (κ2) is 6.07. The second-order valence-corrected chi connectivity index (χ2v) is 5.87. The van der Waals surface area contributed by atoms with Gasteiger partial charge < -0.3 is 10.2 Å². The maximum Gasteiger partial charge on any atom is 0.242 e. The number of benzene rings is 1. The molecule has 1 saturated heterocycles. The molecule has 1 heterocycles. The van der Waals surface area contributed by atoms with E-state index in [-0.39, 0.29) is 23.9 Å². The number of amides is 2. The highest BCUT2D eigenvalue weighted by Crippen LogP contribution is 2.22. The van der Waals surface area contributed by atoms with E-state index in [9.17, 15) is 9.59 Å². The van der Waals surface area contributed by atoms with Crippen molar-refractivity contribution >= 4 is 11.8 Å². The van der Waals surface area contributed by atoms with Crippen LogP contribution in [0.4, 0.5) is 0 Å². The maximum atomic E-state index is 12.1. The molecule has 1 aromatic carbocycles. The molecular weight excluding hydrogens is 252 g/mol. The minimum absolute atomic E-state index is 0.00825. The summed E-state index contributed by atoms with van der Waals surface area (Å²) < 4.78 is 0. The van der Waals surface area contributed by atoms with Crippen LogP contribution in [0.2, 0.25) is 0 Å². The van der Waals surface area contributed by atoms with Crippen LogP contribution >= 0.6 is 0 Å². The first-order valence-corrected chi connectivity index (χ1v) is 7.10. The third kappa shape index (κ3) is 3.59. The number of nitrogens with one attached hydrogen (secondary N) is 1. The molecule has 0 aromatic heterocycles. The molecule has 0 spiro atoms. The largest absolute Gasteiger partial charge is 0.347 e. The molecule has 1 N–H and O–H groups in total. The van der Waals surface area contributed by atoms with Gasteiger partial charge in [-0.1, -0.05) is 30.3 Å². The van der Waals surface area contributed by atoms with Crippen LogP contribution in [0.1, 0.15) is 32.3 Å². The highest BCUT2D eigenvalue weighted by molar-refractivity contribution is 5.87. The highest BCUT2D eigenvalue weighted by atomic mass is 16.2. The van der Waals surface area contributed by atoms with Crippen LogP contribution in [-0.4, -0.2) is 35.3 Å². The van der Waals surface area contributed by atoms with Crippen molar-refractivity contribution in [2.45, 2.75) is 38.6 Å². The molecule has 4 heteroatoms. The molecule has 0 aliphatic carbocycles. The molecule has 0 bridgehead atoms. The minimum atomic E-state index is -0.237. The summed E-state index contributed by atoms with van der Waals surface area (Å²) in [7, 11) is 0. The van der Waals surface area contributed by atoms with Crippen molar-refractivity contribution in [1.82, 2.24) is 10.2 Å². The molecule has 0 unspecified atom stereocenters. The molecule has 4 nitrogen and oxygen atoms in total. The summed E-state index contributed by atoms with van der Waals surface area (Å²) in [5.74, 6) is -0.0337. The first kappa shape index (κ1) is 14.6. The van der Waals surface area contributed by atoms with Crippen LogP contribution < -0.4 is 5.32 Å². The lowest BCUT2D eigenvalue weighted by molar-refractivity contribution is -0.135. The summed E-state index contributed by atoms with van der Waals surface area (Å²) in [6, 6.07) is 10.3. The first-order chi connectivity index (χ1) is 9.49. The molecule has 0 radical (unpaired) electrons. The molecule has 0 atom stereocenters. The highest BCUT2D eigenvalue weighted by Gasteiger charge is 2.32. The molecule has 2 amide bonds. The van der Waals surface area contributed by atoms with Crippen LogP contribution in [0.15, 0.2) is 30.3 Å². The number of carbonyl (C=O) groups is 2. The van der Waals surface area contributed by atoms with Crippen molar-refractivity contribution in [3.63, 3.8) is 0 Å². The Morgan fingerprint density at radius 1 is 1.20 bits per heavy atom. The molecule has 1 aliphatic rings. The van der Waals surface area contributed by atoms with Crippen molar-refractivity contribution in [3.05, 3.63) is 35.9 Å². The van der Waals surface area contributed by atoms with Gasteiger partial charge in [-0.2, -0.15) is 0 Å². The Bertz CT molecular complexity index is 483. The Hall–Kier alpha value is -1.84. The van der Waals surface area contributed by atoms with Crippen LogP contribution in [-0.2, 0) is 16.0 Å². The molecule has 1 fully saturated rings. The fraction of sp³-hybridized carbons (Fsp3) is 0.500. The minimum Gasteiger partial charge on any atom is -0.347 e. The van der Waals surface area contributed by atoms with E-state index in [2.05, 4.69) is 31.3 Å². The lowest BCUT2D eigenvalue weighted by Gasteiger charge is -2.38. The van der Waals surface area contributed by atoms with Gasteiger partial charge in [0.25, 0.3) is 0 Å². The van der Waals surface area contributed by atoms with E-state index in [1.165, 1.54) is 5.56 Å². The van der Waals surface area contributed by atoms with E-state index in [1.807, 2.05) is 23.1 Å². The predicted octanol–water partition coefficient (Wildman–Crippen LogP) is 1.75. The number of hydrogen-bond donors (Lipinski definition) is 1. The van der Waals surface area contributed by atoms with Gasteiger partial charge in [0.15, 0.2) is 0 Å². The molecule has 0 saturated carbocycles. The lowest BCUT2D eigenvalue weighted by atomic mass is 9.93. The Balaban J connectivity index is 2.01. The molecule has 1 aliphatic heterocycles. The average Bonchev–Trinajstić information content (AvgIpc) is 2.60. The van der Waals surface area contributed by atoms with Gasteiger partial charge in [-0.05, 0) is 32.3 Å². The van der Waals surface area contributed by atoms with Gasteiger partial charge in [-0.15, -0.1) is 0 Å². The molecule has 1 aromatic rings.